The molecule has 1 aliphatic heterocycles. The fourth-order valence-electron chi connectivity index (χ4n) is 2.44. The van der Waals surface area contributed by atoms with E-state index in [1.807, 2.05) is 26.0 Å². The van der Waals surface area contributed by atoms with Gasteiger partial charge in [0.05, 0.1) is 0 Å². The quantitative estimate of drug-likeness (QED) is 0.847. The van der Waals surface area contributed by atoms with Crippen molar-refractivity contribution >= 4 is 0 Å². The molecule has 0 spiro atoms. The monoisotopic (exact) mass is 236 g/mol. The molecule has 1 aromatic carbocycles. The molecule has 1 aromatic rings. The van der Waals surface area contributed by atoms with Gasteiger partial charge in [-0.15, -0.1) is 0 Å². The first kappa shape index (κ1) is 12.5. The summed E-state index contributed by atoms with van der Waals surface area (Å²) in [5, 5.41) is 3.39. The molecular weight excluding hydrogens is 215 g/mol. The number of aryl methyl sites for hydroxylation is 2. The van der Waals surface area contributed by atoms with E-state index >= 15 is 0 Å². The number of benzene rings is 1. The van der Waals surface area contributed by atoms with Gasteiger partial charge in [0.2, 0.25) is 0 Å². The topological polar surface area (TPSA) is 15.3 Å². The minimum atomic E-state index is -0.0636. The lowest BCUT2D eigenvalue weighted by atomic mass is 10.1. The van der Waals surface area contributed by atoms with Crippen molar-refractivity contribution in [3.05, 3.63) is 34.6 Å². The van der Waals surface area contributed by atoms with E-state index in [-0.39, 0.29) is 5.82 Å². The third-order valence-electron chi connectivity index (χ3n) is 3.34. The molecule has 0 bridgehead atoms. The zero-order valence-electron chi connectivity index (χ0n) is 10.7. The van der Waals surface area contributed by atoms with Gasteiger partial charge >= 0.3 is 0 Å². The molecule has 3 heteroatoms. The number of nitrogens with one attached hydrogen (secondary N) is 1. The van der Waals surface area contributed by atoms with Crippen LogP contribution in [0.15, 0.2) is 12.1 Å². The molecule has 1 aliphatic rings. The number of hydrogen-bond donors (Lipinski definition) is 1. The second-order valence-electron chi connectivity index (χ2n) is 4.92. The summed E-state index contributed by atoms with van der Waals surface area (Å²) in [4.78, 5) is 2.44. The SMILES string of the molecule is Cc1cc(CN2CCCNCC2)cc(C)c1F. The number of hydrogen-bond acceptors (Lipinski definition) is 2. The first-order valence-electron chi connectivity index (χ1n) is 6.35. The largest absolute Gasteiger partial charge is 0.315 e. The highest BCUT2D eigenvalue weighted by Crippen LogP contribution is 2.16. The van der Waals surface area contributed by atoms with Gasteiger partial charge in [-0.05, 0) is 50.0 Å². The maximum Gasteiger partial charge on any atom is 0.129 e. The maximum atomic E-state index is 13.5. The average molecular weight is 236 g/mol. The first-order valence-corrected chi connectivity index (χ1v) is 6.35. The standard InChI is InChI=1S/C14H21FN2/c1-11-8-13(9-12(2)14(11)15)10-17-6-3-4-16-5-7-17/h8-9,16H,3-7,10H2,1-2H3. The van der Waals surface area contributed by atoms with Gasteiger partial charge < -0.3 is 5.32 Å². The lowest BCUT2D eigenvalue weighted by molar-refractivity contribution is 0.284. The molecule has 0 unspecified atom stereocenters. The molecule has 0 radical (unpaired) electrons. The molecule has 0 atom stereocenters. The molecule has 17 heavy (non-hydrogen) atoms. The van der Waals surface area contributed by atoms with Crippen LogP contribution in [0.4, 0.5) is 4.39 Å². The number of nitrogens with zero attached hydrogens (tertiary/aromatic N) is 1. The van der Waals surface area contributed by atoms with E-state index in [1.54, 1.807) is 0 Å². The summed E-state index contributed by atoms with van der Waals surface area (Å²) < 4.78 is 13.5. The Morgan fingerprint density at radius 2 is 1.88 bits per heavy atom. The Labute approximate surface area is 103 Å². The average Bonchev–Trinajstić information content (AvgIpc) is 2.54. The second-order valence-corrected chi connectivity index (χ2v) is 4.92. The van der Waals surface area contributed by atoms with Crippen LogP contribution in [-0.4, -0.2) is 31.1 Å². The van der Waals surface area contributed by atoms with Crippen LogP contribution in [-0.2, 0) is 6.54 Å². The minimum Gasteiger partial charge on any atom is -0.315 e. The Morgan fingerprint density at radius 3 is 2.59 bits per heavy atom. The maximum absolute atomic E-state index is 13.5. The van der Waals surface area contributed by atoms with Crippen molar-refractivity contribution in [2.75, 3.05) is 26.2 Å². The molecule has 1 N–H and O–H groups in total. The smallest absolute Gasteiger partial charge is 0.129 e. The molecule has 0 aromatic heterocycles. The van der Waals surface area contributed by atoms with Crippen LogP contribution in [0, 0.1) is 19.7 Å². The lowest BCUT2D eigenvalue weighted by Crippen LogP contribution is -2.27. The van der Waals surface area contributed by atoms with Crippen LogP contribution in [0.3, 0.4) is 0 Å². The highest BCUT2D eigenvalue weighted by Gasteiger charge is 2.10. The molecule has 0 saturated carbocycles. The molecule has 2 nitrogen and oxygen atoms in total. The van der Waals surface area contributed by atoms with Crippen LogP contribution in [0.5, 0.6) is 0 Å². The number of rotatable bonds is 2. The summed E-state index contributed by atoms with van der Waals surface area (Å²) in [6, 6.07) is 3.95. The highest BCUT2D eigenvalue weighted by atomic mass is 19.1. The van der Waals surface area contributed by atoms with Gasteiger partial charge in [0.1, 0.15) is 5.82 Å². The molecule has 94 valence electrons. The van der Waals surface area contributed by atoms with Gasteiger partial charge in [0.25, 0.3) is 0 Å². The zero-order chi connectivity index (χ0) is 12.3. The molecule has 1 heterocycles. The summed E-state index contributed by atoms with van der Waals surface area (Å²) in [6.45, 7) is 8.99. The van der Waals surface area contributed by atoms with Crippen molar-refractivity contribution in [2.24, 2.45) is 0 Å². The fraction of sp³-hybridized carbons (Fsp3) is 0.571. The third-order valence-corrected chi connectivity index (χ3v) is 3.34. The van der Waals surface area contributed by atoms with E-state index in [0.29, 0.717) is 0 Å². The van der Waals surface area contributed by atoms with Crippen molar-refractivity contribution in [3.63, 3.8) is 0 Å². The van der Waals surface area contributed by atoms with E-state index < -0.39 is 0 Å². The molecule has 1 saturated heterocycles. The number of halogens is 1. The summed E-state index contributed by atoms with van der Waals surface area (Å²) in [7, 11) is 0. The van der Waals surface area contributed by atoms with E-state index in [1.165, 1.54) is 12.0 Å². The fourth-order valence-corrected chi connectivity index (χ4v) is 2.44. The Kier molecular flexibility index (Phi) is 4.13. The molecule has 0 amide bonds. The zero-order valence-corrected chi connectivity index (χ0v) is 10.7. The van der Waals surface area contributed by atoms with Crippen LogP contribution < -0.4 is 5.32 Å². The first-order chi connectivity index (χ1) is 8.16. The predicted octanol–water partition coefficient (Wildman–Crippen LogP) is 2.24. The summed E-state index contributed by atoms with van der Waals surface area (Å²) in [6.07, 6.45) is 1.19. The van der Waals surface area contributed by atoms with Crippen molar-refractivity contribution in [1.82, 2.24) is 10.2 Å². The van der Waals surface area contributed by atoms with E-state index in [9.17, 15) is 4.39 Å². The van der Waals surface area contributed by atoms with Gasteiger partial charge in [-0.25, -0.2) is 4.39 Å². The predicted molar refractivity (Wildman–Crippen MR) is 68.6 cm³/mol. The van der Waals surface area contributed by atoms with E-state index in [0.717, 1.165) is 43.9 Å². The van der Waals surface area contributed by atoms with Gasteiger partial charge in [-0.3, -0.25) is 4.90 Å². The highest BCUT2D eigenvalue weighted by molar-refractivity contribution is 5.30. The molecule has 0 aliphatic carbocycles. The Bertz CT molecular complexity index is 359. The lowest BCUT2D eigenvalue weighted by Gasteiger charge is -2.20. The Morgan fingerprint density at radius 1 is 1.18 bits per heavy atom. The van der Waals surface area contributed by atoms with Crippen molar-refractivity contribution < 1.29 is 4.39 Å². The van der Waals surface area contributed by atoms with E-state index in [2.05, 4.69) is 10.2 Å². The van der Waals surface area contributed by atoms with Crippen molar-refractivity contribution in [1.29, 1.82) is 0 Å². The summed E-state index contributed by atoms with van der Waals surface area (Å²) in [5.41, 5.74) is 2.74. The van der Waals surface area contributed by atoms with Crippen LogP contribution in [0.25, 0.3) is 0 Å². The summed E-state index contributed by atoms with van der Waals surface area (Å²) >= 11 is 0. The van der Waals surface area contributed by atoms with E-state index in [4.69, 9.17) is 0 Å². The van der Waals surface area contributed by atoms with Gasteiger partial charge in [-0.2, -0.15) is 0 Å². The van der Waals surface area contributed by atoms with Crippen LogP contribution in [0.2, 0.25) is 0 Å². The van der Waals surface area contributed by atoms with Gasteiger partial charge in [-0.1, -0.05) is 12.1 Å². The Balaban J connectivity index is 2.07. The van der Waals surface area contributed by atoms with Gasteiger partial charge in [0.15, 0.2) is 0 Å². The normalized spacial score (nSPS) is 18.1. The van der Waals surface area contributed by atoms with Crippen LogP contribution >= 0.6 is 0 Å². The summed E-state index contributed by atoms with van der Waals surface area (Å²) in [5.74, 6) is -0.0636. The van der Waals surface area contributed by atoms with Crippen molar-refractivity contribution in [2.45, 2.75) is 26.8 Å². The van der Waals surface area contributed by atoms with Crippen molar-refractivity contribution in [3.8, 4) is 0 Å². The second kappa shape index (κ2) is 5.61. The molecule has 2 rings (SSSR count). The third kappa shape index (κ3) is 3.27. The van der Waals surface area contributed by atoms with Gasteiger partial charge in [0, 0.05) is 19.6 Å². The molecule has 1 fully saturated rings. The Hall–Kier alpha value is -0.930. The minimum absolute atomic E-state index is 0.0636. The van der Waals surface area contributed by atoms with Crippen LogP contribution in [0.1, 0.15) is 23.1 Å². The molecular formula is C14H21FN2.